The van der Waals surface area contributed by atoms with Crippen LogP contribution in [0.25, 0.3) is 0 Å². The van der Waals surface area contributed by atoms with Gasteiger partial charge < -0.3 is 20.1 Å². The number of methoxy groups -OCH3 is 1. The second-order valence-corrected chi connectivity index (χ2v) is 7.01. The average molecular weight is 438 g/mol. The van der Waals surface area contributed by atoms with Crippen LogP contribution in [0.1, 0.15) is 34.8 Å². The van der Waals surface area contributed by atoms with E-state index in [1.54, 1.807) is 0 Å². The lowest BCUT2D eigenvalue weighted by atomic mass is 10.1. The highest BCUT2D eigenvalue weighted by Crippen LogP contribution is 2.30. The van der Waals surface area contributed by atoms with Gasteiger partial charge >= 0.3 is 6.18 Å². The molecule has 2 heterocycles. The summed E-state index contributed by atoms with van der Waals surface area (Å²) in [6.45, 7) is -1.34. The molecule has 166 valence electrons. The normalized spacial score (nSPS) is 14.6. The molecule has 0 spiro atoms. The van der Waals surface area contributed by atoms with Crippen LogP contribution in [0, 0.1) is 5.92 Å². The Morgan fingerprint density at radius 2 is 2.00 bits per heavy atom. The van der Waals surface area contributed by atoms with Gasteiger partial charge in [-0.2, -0.15) is 13.2 Å². The second kappa shape index (κ2) is 9.73. The van der Waals surface area contributed by atoms with E-state index < -0.39 is 24.7 Å². The maximum absolute atomic E-state index is 12.7. The third-order valence-electron chi connectivity index (χ3n) is 4.41. The van der Waals surface area contributed by atoms with Crippen molar-refractivity contribution in [3.8, 4) is 5.88 Å². The van der Waals surface area contributed by atoms with Crippen LogP contribution in [0.4, 0.5) is 19.0 Å². The molecular formula is C20H21F3N4O4. The number of ether oxygens (including phenoxy) is 2. The predicted octanol–water partition coefficient (Wildman–Crippen LogP) is 2.88. The molecule has 0 radical (unpaired) electrons. The molecule has 1 saturated carbocycles. The van der Waals surface area contributed by atoms with Crippen LogP contribution >= 0.6 is 0 Å². The molecule has 0 saturated heterocycles. The standard InChI is InChI=1S/C20H21F3N4O4/c1-30-10-15(14-4-5-17(25-9-14)31-11-20(21,22)23)26-19(29)13-6-7-24-16(8-13)27-18(28)12-2-3-12/h4-9,12,15H,2-3,10-11H2,1H3,(H,26,29)(H,24,27,28). The number of aromatic nitrogens is 2. The van der Waals surface area contributed by atoms with Gasteiger partial charge in [-0.3, -0.25) is 9.59 Å². The molecule has 1 aliphatic rings. The van der Waals surface area contributed by atoms with Gasteiger partial charge in [0.05, 0.1) is 12.6 Å². The lowest BCUT2D eigenvalue weighted by Gasteiger charge is -2.19. The van der Waals surface area contributed by atoms with Crippen LogP contribution in [0.15, 0.2) is 36.7 Å². The Kier molecular flexibility index (Phi) is 7.06. The molecule has 1 atom stereocenters. The molecule has 1 unspecified atom stereocenters. The van der Waals surface area contributed by atoms with E-state index in [1.165, 1.54) is 43.8 Å². The summed E-state index contributed by atoms with van der Waals surface area (Å²) in [5.41, 5.74) is 0.797. The summed E-state index contributed by atoms with van der Waals surface area (Å²) in [5.74, 6) is -0.472. The summed E-state index contributed by atoms with van der Waals surface area (Å²) in [6.07, 6.45) is -0.0490. The van der Waals surface area contributed by atoms with Crippen molar-refractivity contribution in [1.82, 2.24) is 15.3 Å². The van der Waals surface area contributed by atoms with Crippen molar-refractivity contribution in [2.75, 3.05) is 25.6 Å². The van der Waals surface area contributed by atoms with E-state index >= 15 is 0 Å². The lowest BCUT2D eigenvalue weighted by Crippen LogP contribution is -2.31. The zero-order valence-electron chi connectivity index (χ0n) is 16.6. The Morgan fingerprint density at radius 1 is 1.23 bits per heavy atom. The Morgan fingerprint density at radius 3 is 2.61 bits per heavy atom. The largest absolute Gasteiger partial charge is 0.468 e. The van der Waals surface area contributed by atoms with E-state index in [-0.39, 0.29) is 35.7 Å². The van der Waals surface area contributed by atoms with Crippen LogP contribution in [0.3, 0.4) is 0 Å². The number of hydrogen-bond donors (Lipinski definition) is 2. The number of amides is 2. The smallest absolute Gasteiger partial charge is 0.422 e. The molecule has 3 rings (SSSR count). The first-order valence-corrected chi connectivity index (χ1v) is 9.47. The topological polar surface area (TPSA) is 102 Å². The summed E-state index contributed by atoms with van der Waals surface area (Å²) in [5, 5.41) is 5.46. The van der Waals surface area contributed by atoms with Gasteiger partial charge in [0.25, 0.3) is 5.91 Å². The lowest BCUT2D eigenvalue weighted by molar-refractivity contribution is -0.154. The Labute approximate surface area is 176 Å². The van der Waals surface area contributed by atoms with Gasteiger partial charge in [-0.05, 0) is 36.6 Å². The van der Waals surface area contributed by atoms with E-state index in [0.717, 1.165) is 12.8 Å². The van der Waals surface area contributed by atoms with Crippen molar-refractivity contribution in [2.45, 2.75) is 25.1 Å². The molecule has 2 N–H and O–H groups in total. The first-order valence-electron chi connectivity index (χ1n) is 9.47. The van der Waals surface area contributed by atoms with Crippen LogP contribution < -0.4 is 15.4 Å². The quantitative estimate of drug-likeness (QED) is 0.624. The van der Waals surface area contributed by atoms with Crippen LogP contribution in [-0.4, -0.2) is 48.3 Å². The molecule has 1 fully saturated rings. The molecular weight excluding hydrogens is 417 g/mol. The van der Waals surface area contributed by atoms with Crippen molar-refractivity contribution in [3.63, 3.8) is 0 Å². The molecule has 2 aromatic rings. The molecule has 11 heteroatoms. The first-order chi connectivity index (χ1) is 14.7. The van der Waals surface area contributed by atoms with E-state index in [9.17, 15) is 22.8 Å². The SMILES string of the molecule is COCC(NC(=O)c1ccnc(NC(=O)C2CC2)c1)c1ccc(OCC(F)(F)F)nc1. The van der Waals surface area contributed by atoms with Gasteiger partial charge in [-0.25, -0.2) is 9.97 Å². The summed E-state index contributed by atoms with van der Waals surface area (Å²) in [7, 11) is 1.45. The highest BCUT2D eigenvalue weighted by Gasteiger charge is 2.30. The molecule has 1 aliphatic carbocycles. The van der Waals surface area contributed by atoms with E-state index in [0.29, 0.717) is 5.56 Å². The van der Waals surface area contributed by atoms with Gasteiger partial charge in [0.15, 0.2) is 6.61 Å². The molecule has 31 heavy (non-hydrogen) atoms. The minimum absolute atomic E-state index is 0.000879. The maximum atomic E-state index is 12.7. The highest BCUT2D eigenvalue weighted by molar-refractivity contribution is 5.97. The Balaban J connectivity index is 1.65. The fourth-order valence-electron chi connectivity index (χ4n) is 2.68. The van der Waals surface area contributed by atoms with Crippen LogP contribution in [0.5, 0.6) is 5.88 Å². The molecule has 2 amide bonds. The number of rotatable bonds is 9. The number of anilines is 1. The number of carbonyl (C=O) groups is 2. The van der Waals surface area contributed by atoms with Crippen molar-refractivity contribution in [1.29, 1.82) is 0 Å². The van der Waals surface area contributed by atoms with Crippen molar-refractivity contribution in [3.05, 3.63) is 47.8 Å². The van der Waals surface area contributed by atoms with Crippen LogP contribution in [-0.2, 0) is 9.53 Å². The fraction of sp³-hybridized carbons (Fsp3) is 0.400. The molecule has 8 nitrogen and oxygen atoms in total. The van der Waals surface area contributed by atoms with Crippen LogP contribution in [0.2, 0.25) is 0 Å². The van der Waals surface area contributed by atoms with Gasteiger partial charge in [-0.1, -0.05) is 0 Å². The minimum atomic E-state index is -4.46. The van der Waals surface area contributed by atoms with Gasteiger partial charge in [0.2, 0.25) is 11.8 Å². The molecule has 2 aromatic heterocycles. The Hall–Kier alpha value is -3.21. The van der Waals surface area contributed by atoms with Crippen molar-refractivity contribution >= 4 is 17.6 Å². The minimum Gasteiger partial charge on any atom is -0.468 e. The molecule has 0 aliphatic heterocycles. The van der Waals surface area contributed by atoms with E-state index in [1.807, 2.05) is 0 Å². The zero-order valence-corrected chi connectivity index (χ0v) is 16.6. The average Bonchev–Trinajstić information content (AvgIpc) is 3.57. The predicted molar refractivity (Wildman–Crippen MR) is 103 cm³/mol. The molecule has 0 aromatic carbocycles. The third kappa shape index (κ3) is 6.92. The van der Waals surface area contributed by atoms with Gasteiger partial charge in [-0.15, -0.1) is 0 Å². The monoisotopic (exact) mass is 438 g/mol. The van der Waals surface area contributed by atoms with E-state index in [4.69, 9.17) is 4.74 Å². The van der Waals surface area contributed by atoms with Crippen molar-refractivity contribution < 1.29 is 32.2 Å². The third-order valence-corrected chi connectivity index (χ3v) is 4.41. The number of hydrogen-bond acceptors (Lipinski definition) is 6. The van der Waals surface area contributed by atoms with Crippen molar-refractivity contribution in [2.24, 2.45) is 5.92 Å². The van der Waals surface area contributed by atoms with Gasteiger partial charge in [0.1, 0.15) is 5.82 Å². The number of pyridine rings is 2. The summed E-state index contributed by atoms with van der Waals surface area (Å²) < 4.78 is 46.5. The number of halogens is 3. The summed E-state index contributed by atoms with van der Waals surface area (Å²) in [4.78, 5) is 32.5. The second-order valence-electron chi connectivity index (χ2n) is 7.01. The number of nitrogens with zero attached hydrogens (tertiary/aromatic N) is 2. The zero-order chi connectivity index (χ0) is 22.4. The number of carbonyl (C=O) groups excluding carboxylic acids is 2. The summed E-state index contributed by atoms with van der Waals surface area (Å²) in [6, 6.07) is 5.13. The Bertz CT molecular complexity index is 917. The first kappa shape index (κ1) is 22.5. The number of alkyl halides is 3. The fourth-order valence-corrected chi connectivity index (χ4v) is 2.68. The summed E-state index contributed by atoms with van der Waals surface area (Å²) >= 11 is 0. The molecule has 0 bridgehead atoms. The van der Waals surface area contributed by atoms with Gasteiger partial charge in [0, 0.05) is 37.1 Å². The van der Waals surface area contributed by atoms with E-state index in [2.05, 4.69) is 25.3 Å². The number of nitrogens with one attached hydrogen (secondary N) is 2. The maximum Gasteiger partial charge on any atom is 0.422 e. The highest BCUT2D eigenvalue weighted by atomic mass is 19.4.